The summed E-state index contributed by atoms with van der Waals surface area (Å²) in [7, 11) is 6.34. The van der Waals surface area contributed by atoms with Gasteiger partial charge in [-0.3, -0.25) is 9.05 Å². The lowest BCUT2D eigenvalue weighted by molar-refractivity contribution is 0.402. The number of aryl methyl sites for hydroxylation is 1. The number of fused-ring (bicyclic) bond motifs is 7. The average Bonchev–Trinajstić information content (AvgIpc) is 3.63. The van der Waals surface area contributed by atoms with Crippen LogP contribution in [0.15, 0.2) is 128 Å². The van der Waals surface area contributed by atoms with Crippen molar-refractivity contribution in [3.05, 3.63) is 139 Å². The average molecular weight is 617 g/mol. The number of pyridine rings is 1. The first-order valence-corrected chi connectivity index (χ1v) is 15.7. The molecule has 1 atom stereocenters. The molecule has 5 aromatic carbocycles. The van der Waals surface area contributed by atoms with Gasteiger partial charge in [-0.1, -0.05) is 54.6 Å². The highest BCUT2D eigenvalue weighted by Crippen LogP contribution is 2.53. The Morgan fingerprint density at radius 1 is 0.745 bits per heavy atom. The van der Waals surface area contributed by atoms with Gasteiger partial charge in [-0.05, 0) is 65.7 Å². The van der Waals surface area contributed by atoms with Crippen LogP contribution in [-0.4, -0.2) is 33.2 Å². The van der Waals surface area contributed by atoms with Crippen LogP contribution in [0.2, 0.25) is 0 Å². The van der Waals surface area contributed by atoms with E-state index in [2.05, 4.69) is 47.5 Å². The van der Waals surface area contributed by atoms with Crippen molar-refractivity contribution in [3.8, 4) is 28.6 Å². The molecule has 1 unspecified atom stereocenters. The maximum atomic E-state index is 16.6. The van der Waals surface area contributed by atoms with E-state index in [0.29, 0.717) is 15.6 Å². The second kappa shape index (κ2) is 10.1. The zero-order valence-electron chi connectivity index (χ0n) is 26.2. The maximum Gasteiger partial charge on any atom is 0.213 e. The Labute approximate surface area is 271 Å². The Bertz CT molecular complexity index is 2530. The molecule has 0 bridgehead atoms. The minimum Gasteiger partial charge on any atom is -0.443 e. The molecule has 0 fully saturated rings. The number of rotatable bonds is 4. The predicted octanol–water partition coefficient (Wildman–Crippen LogP) is 9.80. The van der Waals surface area contributed by atoms with Gasteiger partial charge in [0.1, 0.15) is 17.0 Å². The topological polar surface area (TPSA) is 44.9 Å². The summed E-state index contributed by atoms with van der Waals surface area (Å²) in [5, 5.41) is 2.04. The quantitative estimate of drug-likeness (QED) is 0.185. The van der Waals surface area contributed by atoms with Gasteiger partial charge in [0.2, 0.25) is 5.75 Å². The third kappa shape index (κ3) is 4.06. The fraction of sp³-hybridized carbons (Fsp3) is 0.100. The van der Waals surface area contributed by atoms with E-state index in [4.69, 9.17) is 14.7 Å². The van der Waals surface area contributed by atoms with E-state index in [1.54, 1.807) is 6.20 Å². The first-order valence-electron chi connectivity index (χ1n) is 15.7. The lowest BCUT2D eigenvalue weighted by Crippen LogP contribution is -2.36. The molecular formula is C40H31FN5O+. The van der Waals surface area contributed by atoms with E-state index in [0.717, 1.165) is 72.9 Å². The second-order valence-corrected chi connectivity index (χ2v) is 12.6. The summed E-state index contributed by atoms with van der Waals surface area (Å²) in [5.74, 6) is 2.40. The maximum absolute atomic E-state index is 16.6. The summed E-state index contributed by atoms with van der Waals surface area (Å²) in [5.41, 5.74) is 8.60. The molecular weight excluding hydrogens is 585 g/mol. The smallest absolute Gasteiger partial charge is 0.213 e. The number of hydrogen-bond acceptors (Lipinski definition) is 3. The van der Waals surface area contributed by atoms with E-state index in [1.165, 1.54) is 0 Å². The Morgan fingerprint density at radius 2 is 1.53 bits per heavy atom. The van der Waals surface area contributed by atoms with Gasteiger partial charge in [0.25, 0.3) is 0 Å². The molecule has 228 valence electrons. The molecule has 0 amide bonds. The fourth-order valence-electron chi connectivity index (χ4n) is 7.18. The normalized spacial score (nSPS) is 14.2. The Hall–Kier alpha value is -5.79. The van der Waals surface area contributed by atoms with Crippen molar-refractivity contribution >= 4 is 44.3 Å². The number of halogens is 1. The molecule has 1 aliphatic heterocycles. The second-order valence-electron chi connectivity index (χ2n) is 12.6. The Balaban J connectivity index is 1.19. The molecule has 8 aromatic rings. The van der Waals surface area contributed by atoms with Crippen molar-refractivity contribution in [1.29, 1.82) is 0 Å². The van der Waals surface area contributed by atoms with E-state index in [1.807, 2.05) is 104 Å². The van der Waals surface area contributed by atoms with Crippen LogP contribution in [0.25, 0.3) is 50.0 Å². The zero-order chi connectivity index (χ0) is 31.9. The van der Waals surface area contributed by atoms with Crippen LogP contribution >= 0.6 is 0 Å². The van der Waals surface area contributed by atoms with Gasteiger partial charge in [-0.15, -0.1) is 0 Å². The molecule has 47 heavy (non-hydrogen) atoms. The molecule has 0 aliphatic carbocycles. The molecule has 4 heterocycles. The van der Waals surface area contributed by atoms with E-state index < -0.39 is 6.17 Å². The highest BCUT2D eigenvalue weighted by molar-refractivity contribution is 6.12. The van der Waals surface area contributed by atoms with Gasteiger partial charge < -0.3 is 9.30 Å². The number of ether oxygens (including phenoxy) is 1. The van der Waals surface area contributed by atoms with Crippen molar-refractivity contribution in [2.45, 2.75) is 6.17 Å². The molecule has 0 saturated heterocycles. The molecule has 0 radical (unpaired) electrons. The predicted molar refractivity (Wildman–Crippen MR) is 187 cm³/mol. The molecule has 9 rings (SSSR count). The summed E-state index contributed by atoms with van der Waals surface area (Å²) in [4.78, 5) is 9.67. The molecule has 0 spiro atoms. The number of hydrogen-bond donors (Lipinski definition) is 0. The fourth-order valence-corrected chi connectivity index (χ4v) is 7.18. The van der Waals surface area contributed by atoms with Gasteiger partial charge in [0.15, 0.2) is 23.3 Å². The van der Waals surface area contributed by atoms with Crippen molar-refractivity contribution in [1.82, 2.24) is 23.6 Å². The summed E-state index contributed by atoms with van der Waals surface area (Å²) in [6, 6.07) is 39.8. The van der Waals surface area contributed by atoms with Crippen LogP contribution in [0, 0.1) is 0 Å². The van der Waals surface area contributed by atoms with Crippen molar-refractivity contribution in [2.24, 2.45) is 7.05 Å². The van der Waals surface area contributed by atoms with Gasteiger partial charge >= 0.3 is 0 Å². The van der Waals surface area contributed by atoms with Crippen LogP contribution in [0.5, 0.6) is 11.5 Å². The van der Waals surface area contributed by atoms with Crippen LogP contribution in [0.1, 0.15) is 17.3 Å². The van der Waals surface area contributed by atoms with Crippen molar-refractivity contribution in [2.75, 3.05) is 14.1 Å². The molecule has 3 aromatic heterocycles. The molecule has 1 aliphatic rings. The van der Waals surface area contributed by atoms with Crippen molar-refractivity contribution < 1.29 is 9.13 Å². The summed E-state index contributed by atoms with van der Waals surface area (Å²) < 4.78 is 28.0. The third-order valence-electron chi connectivity index (χ3n) is 9.55. The number of para-hydroxylation sites is 4. The van der Waals surface area contributed by atoms with Gasteiger partial charge in [-0.25, -0.2) is 14.4 Å². The van der Waals surface area contributed by atoms with Crippen LogP contribution in [0.4, 0.5) is 15.8 Å². The zero-order valence-corrected chi connectivity index (χ0v) is 26.2. The van der Waals surface area contributed by atoms with Crippen molar-refractivity contribution in [3.63, 3.8) is 0 Å². The third-order valence-corrected chi connectivity index (χ3v) is 9.55. The lowest BCUT2D eigenvalue weighted by Gasteiger charge is -2.35. The monoisotopic (exact) mass is 616 g/mol. The van der Waals surface area contributed by atoms with Crippen LogP contribution < -0.4 is 9.22 Å². The molecule has 6 nitrogen and oxygen atoms in total. The largest absolute Gasteiger partial charge is 0.443 e. The van der Waals surface area contributed by atoms with Crippen LogP contribution in [-0.2, 0) is 7.05 Å². The SMILES string of the molecule is Cn1c(-c2cccc(C(F)c3cccc(-n4c5ncccc5c5ccc6c(c54)Oc4ccccc4[N+]6(C)C)c3)c2)nc2ccccc21. The standard InChI is InChI=1S/C40H31FN5O/c1-44-32-17-5-4-16-31(32)43-39(44)27-13-8-11-25(23-27)36(41)26-12-9-14-28(24-26)45-37-29(30-15-10-22-42-40(30)45)20-21-34-38(37)47-35-19-7-6-18-33(35)46(34,2)3/h4-24,36H,1-3H3/q+1. The molecule has 7 heteroatoms. The van der Waals surface area contributed by atoms with Crippen LogP contribution in [0.3, 0.4) is 0 Å². The minimum absolute atomic E-state index is 0.533. The lowest BCUT2D eigenvalue weighted by atomic mass is 10.00. The highest BCUT2D eigenvalue weighted by Gasteiger charge is 2.37. The first-order chi connectivity index (χ1) is 22.9. The highest BCUT2D eigenvalue weighted by atomic mass is 19.1. The number of benzene rings is 5. The van der Waals surface area contributed by atoms with Gasteiger partial charge in [0.05, 0.1) is 25.1 Å². The number of aromatic nitrogens is 4. The summed E-state index contributed by atoms with van der Waals surface area (Å²) >= 11 is 0. The van der Waals surface area contributed by atoms with E-state index >= 15 is 4.39 Å². The summed E-state index contributed by atoms with van der Waals surface area (Å²) in [6.45, 7) is 0. The van der Waals surface area contributed by atoms with Gasteiger partial charge in [-0.2, -0.15) is 0 Å². The van der Waals surface area contributed by atoms with E-state index in [-0.39, 0.29) is 0 Å². The van der Waals surface area contributed by atoms with Gasteiger partial charge in [0, 0.05) is 47.4 Å². The minimum atomic E-state index is -1.35. The number of nitrogens with zero attached hydrogens (tertiary/aromatic N) is 5. The first kappa shape index (κ1) is 27.5. The number of quaternary nitrogens is 1. The molecule has 0 N–H and O–H groups in total. The Morgan fingerprint density at radius 3 is 2.40 bits per heavy atom. The molecule has 0 saturated carbocycles. The Kier molecular flexibility index (Phi) is 5.92. The number of imidazole rings is 1. The number of alkyl halides is 1. The van der Waals surface area contributed by atoms with E-state index in [9.17, 15) is 0 Å². The summed E-state index contributed by atoms with van der Waals surface area (Å²) in [6.07, 6.45) is 0.451.